The molecule has 10 aromatic carbocycles. The van der Waals surface area contributed by atoms with Crippen molar-refractivity contribution in [3.05, 3.63) is 224 Å². The lowest BCUT2D eigenvalue weighted by Gasteiger charge is -2.09. The normalized spacial score (nSPS) is 12.0. The number of para-hydroxylation sites is 5. The Hall–Kier alpha value is -9.59. The van der Waals surface area contributed by atoms with Gasteiger partial charge in [0.05, 0.1) is 22.1 Å². The minimum absolute atomic E-state index is 0.547. The summed E-state index contributed by atoms with van der Waals surface area (Å²) in [6, 6.07) is 78.4. The smallest absolute Gasteiger partial charge is 0.164 e. The van der Waals surface area contributed by atoms with Gasteiger partial charge in [-0.3, -0.25) is 0 Å². The summed E-state index contributed by atoms with van der Waals surface area (Å²) < 4.78 is 18.2. The predicted molar refractivity (Wildman–Crippen MR) is 285 cm³/mol. The molecule has 0 spiro atoms. The van der Waals surface area contributed by atoms with E-state index in [-0.39, 0.29) is 0 Å². The minimum atomic E-state index is 0.547. The molecule has 15 aromatic rings. The highest BCUT2D eigenvalue weighted by Gasteiger charge is 2.22. The Bertz CT molecular complexity index is 4540. The number of rotatable bonds is 6. The molecule has 0 amide bonds. The van der Waals surface area contributed by atoms with Crippen molar-refractivity contribution in [3.8, 4) is 56.7 Å². The van der Waals surface area contributed by atoms with Crippen LogP contribution in [0.3, 0.4) is 0 Å². The monoisotopic (exact) mass is 895 g/mol. The fraction of sp³-hybridized carbons (Fsp3) is 0. The molecular weight excluding hydrogens is 859 g/mol. The van der Waals surface area contributed by atoms with Gasteiger partial charge in [0.2, 0.25) is 0 Å². The van der Waals surface area contributed by atoms with Crippen molar-refractivity contribution in [1.29, 1.82) is 0 Å². The van der Waals surface area contributed by atoms with Crippen LogP contribution in [0.4, 0.5) is 0 Å². The molecule has 0 N–H and O–H groups in total. The second kappa shape index (κ2) is 15.0. The van der Waals surface area contributed by atoms with E-state index in [0.29, 0.717) is 17.5 Å². The zero-order valence-electron chi connectivity index (χ0n) is 37.4. The van der Waals surface area contributed by atoms with Gasteiger partial charge >= 0.3 is 0 Å². The van der Waals surface area contributed by atoms with Crippen LogP contribution in [0.1, 0.15) is 0 Å². The first kappa shape index (κ1) is 38.5. The predicted octanol–water partition coefficient (Wildman–Crippen LogP) is 16.5. The lowest BCUT2D eigenvalue weighted by molar-refractivity contribution is 0.668. The first-order chi connectivity index (χ1) is 34.7. The molecule has 0 unspecified atom stereocenters. The van der Waals surface area contributed by atoms with E-state index in [1.54, 1.807) is 0 Å². The summed E-state index contributed by atoms with van der Waals surface area (Å²) in [6.07, 6.45) is 0. The number of fused-ring (bicyclic) bond motifs is 12. The molecule has 0 atom stereocenters. The average molecular weight is 896 g/mol. The van der Waals surface area contributed by atoms with E-state index in [2.05, 4.69) is 191 Å². The molecule has 326 valence electrons. The van der Waals surface area contributed by atoms with Crippen molar-refractivity contribution in [2.24, 2.45) is 0 Å². The van der Waals surface area contributed by atoms with E-state index in [4.69, 9.17) is 23.8 Å². The van der Waals surface area contributed by atoms with Crippen LogP contribution in [0.5, 0.6) is 0 Å². The molecule has 0 radical (unpaired) electrons. The second-order valence-electron chi connectivity index (χ2n) is 17.9. The zero-order valence-corrected chi connectivity index (χ0v) is 37.4. The van der Waals surface area contributed by atoms with Gasteiger partial charge in [-0.05, 0) is 78.4 Å². The summed E-state index contributed by atoms with van der Waals surface area (Å²) in [5.74, 6) is 1.68. The van der Waals surface area contributed by atoms with Gasteiger partial charge in [-0.1, -0.05) is 146 Å². The van der Waals surface area contributed by atoms with Gasteiger partial charge in [0.15, 0.2) is 17.5 Å². The van der Waals surface area contributed by atoms with E-state index >= 15 is 0 Å². The lowest BCUT2D eigenvalue weighted by Crippen LogP contribution is -2.00. The number of hydrogen-bond donors (Lipinski definition) is 0. The van der Waals surface area contributed by atoms with Gasteiger partial charge in [0.1, 0.15) is 22.3 Å². The quantitative estimate of drug-likeness (QED) is 0.166. The van der Waals surface area contributed by atoms with Gasteiger partial charge in [0.25, 0.3) is 0 Å². The minimum Gasteiger partial charge on any atom is -0.456 e. The molecule has 0 bridgehead atoms. The van der Waals surface area contributed by atoms with Crippen LogP contribution in [0, 0.1) is 0 Å². The van der Waals surface area contributed by atoms with Gasteiger partial charge in [-0.15, -0.1) is 0 Å². The lowest BCUT2D eigenvalue weighted by atomic mass is 9.99. The van der Waals surface area contributed by atoms with Crippen molar-refractivity contribution in [3.63, 3.8) is 0 Å². The van der Waals surface area contributed by atoms with Crippen LogP contribution in [0.15, 0.2) is 233 Å². The van der Waals surface area contributed by atoms with Crippen LogP contribution in [0.25, 0.3) is 144 Å². The number of aromatic nitrogens is 5. The van der Waals surface area contributed by atoms with Crippen molar-refractivity contribution in [2.45, 2.75) is 0 Å². The molecule has 0 saturated carbocycles. The number of nitrogens with zero attached hydrogens (tertiary/aromatic N) is 5. The van der Waals surface area contributed by atoms with Crippen LogP contribution >= 0.6 is 0 Å². The maximum atomic E-state index is 6.86. The van der Waals surface area contributed by atoms with E-state index in [1.807, 2.05) is 42.5 Å². The maximum absolute atomic E-state index is 6.86. The van der Waals surface area contributed by atoms with Crippen LogP contribution in [-0.2, 0) is 0 Å². The number of benzene rings is 10. The molecule has 0 fully saturated rings. The Balaban J connectivity index is 0.867. The second-order valence-corrected chi connectivity index (χ2v) is 17.9. The van der Waals surface area contributed by atoms with Gasteiger partial charge < -0.3 is 18.0 Å². The van der Waals surface area contributed by atoms with Gasteiger partial charge in [-0.2, -0.15) is 0 Å². The highest BCUT2D eigenvalue weighted by Crippen LogP contribution is 2.43. The van der Waals surface area contributed by atoms with Crippen molar-refractivity contribution < 1.29 is 8.83 Å². The SMILES string of the molecule is c1ccc(-c2nc(-c3ccc4c(c3)oc3cc(-n5c6ccccc6c6ccccc65)ccc34)nc(-c3cccc4oc5c(-c6ccc7c(c6)c6ccccc6n7-c6ccccc6)cccc5c34)n2)cc1. The largest absolute Gasteiger partial charge is 0.456 e. The molecule has 7 heteroatoms. The Morgan fingerprint density at radius 3 is 1.57 bits per heavy atom. The van der Waals surface area contributed by atoms with E-state index in [0.717, 1.165) is 99.6 Å². The molecule has 0 aliphatic carbocycles. The summed E-state index contributed by atoms with van der Waals surface area (Å²) in [5, 5.41) is 8.83. The fourth-order valence-electron chi connectivity index (χ4n) is 10.8. The molecule has 0 saturated heterocycles. The molecule has 70 heavy (non-hydrogen) atoms. The molecular formula is C63H37N5O2. The van der Waals surface area contributed by atoms with E-state index in [9.17, 15) is 0 Å². The Labute approximate surface area is 399 Å². The highest BCUT2D eigenvalue weighted by molar-refractivity contribution is 6.17. The maximum Gasteiger partial charge on any atom is 0.164 e. The molecule has 0 aliphatic rings. The summed E-state index contributed by atoms with van der Waals surface area (Å²) >= 11 is 0. The molecule has 0 aliphatic heterocycles. The third-order valence-electron chi connectivity index (χ3n) is 14.0. The summed E-state index contributed by atoms with van der Waals surface area (Å²) in [4.78, 5) is 15.6. The average Bonchev–Trinajstić information content (AvgIpc) is 4.18. The third-order valence-corrected chi connectivity index (χ3v) is 14.0. The van der Waals surface area contributed by atoms with E-state index < -0.39 is 0 Å². The standard InChI is InChI=1S/C63H37N5O2/c1-3-15-38(16-4-1)61-64-62(40-29-32-47-48-33-31-42(37-58(48)69-57(47)36-40)68-52-25-10-7-19-44(52)45-20-8-11-26-53(45)68)66-63(65-61)50-24-14-28-56-59(50)49-23-13-22-43(60(49)70-56)39-30-34-55-51(35-39)46-21-9-12-27-54(46)67(55)41-17-5-2-6-18-41/h1-37H. The molecule has 15 rings (SSSR count). The summed E-state index contributed by atoms with van der Waals surface area (Å²) in [7, 11) is 0. The van der Waals surface area contributed by atoms with Crippen molar-refractivity contribution >= 4 is 87.5 Å². The first-order valence-corrected chi connectivity index (χ1v) is 23.5. The Morgan fingerprint density at radius 1 is 0.286 bits per heavy atom. The number of hydrogen-bond acceptors (Lipinski definition) is 5. The fourth-order valence-corrected chi connectivity index (χ4v) is 10.8. The van der Waals surface area contributed by atoms with E-state index in [1.165, 1.54) is 27.1 Å². The molecule has 5 aromatic heterocycles. The van der Waals surface area contributed by atoms with Gasteiger partial charge in [0, 0.05) is 82.8 Å². The Kier molecular flexibility index (Phi) is 8.23. The summed E-state index contributed by atoms with van der Waals surface area (Å²) in [5.41, 5.74) is 14.6. The first-order valence-electron chi connectivity index (χ1n) is 23.5. The molecule has 5 heterocycles. The topological polar surface area (TPSA) is 74.8 Å². The van der Waals surface area contributed by atoms with Crippen molar-refractivity contribution in [1.82, 2.24) is 24.1 Å². The summed E-state index contributed by atoms with van der Waals surface area (Å²) in [6.45, 7) is 0. The highest BCUT2D eigenvalue weighted by atomic mass is 16.3. The van der Waals surface area contributed by atoms with Gasteiger partial charge in [-0.25, -0.2) is 15.0 Å². The van der Waals surface area contributed by atoms with Crippen molar-refractivity contribution in [2.75, 3.05) is 0 Å². The zero-order chi connectivity index (χ0) is 45.9. The molecule has 7 nitrogen and oxygen atoms in total. The third kappa shape index (κ3) is 5.79. The van der Waals surface area contributed by atoms with Crippen LogP contribution in [-0.4, -0.2) is 24.1 Å². The van der Waals surface area contributed by atoms with Crippen LogP contribution < -0.4 is 0 Å². The van der Waals surface area contributed by atoms with Crippen LogP contribution in [0.2, 0.25) is 0 Å². The Morgan fingerprint density at radius 2 is 0.829 bits per heavy atom. The number of furan rings is 2.